The summed E-state index contributed by atoms with van der Waals surface area (Å²) in [7, 11) is 0. The van der Waals surface area contributed by atoms with Gasteiger partial charge in [-0.05, 0) is 19.4 Å². The van der Waals surface area contributed by atoms with Crippen molar-refractivity contribution in [3.8, 4) is 0 Å². The van der Waals surface area contributed by atoms with Crippen molar-refractivity contribution in [1.82, 2.24) is 10.2 Å². The van der Waals surface area contributed by atoms with Gasteiger partial charge in [0.2, 0.25) is 5.91 Å². The molecule has 0 spiro atoms. The number of rotatable bonds is 5. The molecule has 0 aliphatic carbocycles. The summed E-state index contributed by atoms with van der Waals surface area (Å²) in [5.41, 5.74) is 0.354. The highest BCUT2D eigenvalue weighted by atomic mass is 32.2. The second-order valence-corrected chi connectivity index (χ2v) is 7.74. The van der Waals surface area contributed by atoms with Crippen LogP contribution in [0.5, 0.6) is 0 Å². The number of hydrogen-bond donors (Lipinski definition) is 1. The van der Waals surface area contributed by atoms with Crippen molar-refractivity contribution in [3.63, 3.8) is 0 Å². The van der Waals surface area contributed by atoms with Gasteiger partial charge < -0.3 is 15.0 Å². The van der Waals surface area contributed by atoms with E-state index in [1.54, 1.807) is 34.9 Å². The quantitative estimate of drug-likeness (QED) is 0.798. The standard InChI is InChI=1S/C17H19FN2O4S/c1-17-7-6-15(22)20(17)13(10-25-17)16(23)24-9-14(21)19-8-11-4-2-3-5-12(11)18/h2-5,13H,6-10H2,1H3,(H,19,21)/t13-,17-/m0/s1. The van der Waals surface area contributed by atoms with Crippen molar-refractivity contribution >= 4 is 29.5 Å². The first-order valence-corrected chi connectivity index (χ1v) is 9.02. The molecule has 25 heavy (non-hydrogen) atoms. The zero-order valence-corrected chi connectivity index (χ0v) is 14.6. The van der Waals surface area contributed by atoms with E-state index in [1.165, 1.54) is 6.07 Å². The topological polar surface area (TPSA) is 75.7 Å². The van der Waals surface area contributed by atoms with Gasteiger partial charge >= 0.3 is 5.97 Å². The number of thioether (sulfide) groups is 1. The maximum absolute atomic E-state index is 13.5. The van der Waals surface area contributed by atoms with Crippen molar-refractivity contribution in [2.75, 3.05) is 12.4 Å². The molecule has 2 aliphatic heterocycles. The molecule has 0 saturated carbocycles. The Hall–Kier alpha value is -2.09. The molecule has 134 valence electrons. The monoisotopic (exact) mass is 366 g/mol. The number of carbonyl (C=O) groups is 3. The van der Waals surface area contributed by atoms with Crippen molar-refractivity contribution in [2.45, 2.75) is 37.2 Å². The summed E-state index contributed by atoms with van der Waals surface area (Å²) in [4.78, 5) is 37.3. The number of carbonyl (C=O) groups excluding carboxylic acids is 3. The molecule has 0 aromatic heterocycles. The highest BCUT2D eigenvalue weighted by Crippen LogP contribution is 2.47. The fourth-order valence-corrected chi connectivity index (χ4v) is 4.53. The smallest absolute Gasteiger partial charge is 0.330 e. The third-order valence-corrected chi connectivity index (χ3v) is 6.00. The molecule has 6 nitrogen and oxygen atoms in total. The Bertz CT molecular complexity index is 714. The van der Waals surface area contributed by atoms with E-state index >= 15 is 0 Å². The second-order valence-electron chi connectivity index (χ2n) is 6.24. The third-order valence-electron chi connectivity index (χ3n) is 4.50. The second kappa shape index (κ2) is 7.03. The predicted octanol–water partition coefficient (Wildman–Crippen LogP) is 1.44. The molecule has 2 heterocycles. The number of nitrogens with zero attached hydrogens (tertiary/aromatic N) is 1. The summed E-state index contributed by atoms with van der Waals surface area (Å²) < 4.78 is 18.5. The largest absolute Gasteiger partial charge is 0.454 e. The van der Waals surface area contributed by atoms with Crippen LogP contribution in [0.15, 0.2) is 24.3 Å². The lowest BCUT2D eigenvalue weighted by molar-refractivity contribution is -0.156. The maximum atomic E-state index is 13.5. The van der Waals surface area contributed by atoms with Crippen LogP contribution in [0, 0.1) is 5.82 Å². The number of hydrogen-bond acceptors (Lipinski definition) is 5. The summed E-state index contributed by atoms with van der Waals surface area (Å²) in [6.45, 7) is 1.51. The average Bonchev–Trinajstić information content (AvgIpc) is 3.08. The van der Waals surface area contributed by atoms with Gasteiger partial charge in [0.25, 0.3) is 5.91 Å². The van der Waals surface area contributed by atoms with E-state index in [0.717, 1.165) is 0 Å². The Balaban J connectivity index is 1.48. The van der Waals surface area contributed by atoms with E-state index in [2.05, 4.69) is 5.32 Å². The zero-order valence-electron chi connectivity index (χ0n) is 13.8. The van der Waals surface area contributed by atoms with Crippen LogP contribution in [-0.4, -0.2) is 46.0 Å². The summed E-state index contributed by atoms with van der Waals surface area (Å²) >= 11 is 1.56. The van der Waals surface area contributed by atoms with E-state index in [9.17, 15) is 18.8 Å². The number of benzene rings is 1. The number of fused-ring (bicyclic) bond motifs is 1. The van der Waals surface area contributed by atoms with E-state index < -0.39 is 30.3 Å². The molecule has 0 bridgehead atoms. The Morgan fingerprint density at radius 2 is 2.20 bits per heavy atom. The Kier molecular flexibility index (Phi) is 4.99. The minimum atomic E-state index is -0.649. The minimum Gasteiger partial charge on any atom is -0.454 e. The number of amides is 2. The van der Waals surface area contributed by atoms with Gasteiger partial charge in [-0.1, -0.05) is 18.2 Å². The van der Waals surface area contributed by atoms with Crippen LogP contribution in [0.1, 0.15) is 25.3 Å². The van der Waals surface area contributed by atoms with Crippen LogP contribution in [0.2, 0.25) is 0 Å². The molecule has 1 aromatic carbocycles. The third kappa shape index (κ3) is 3.63. The van der Waals surface area contributed by atoms with Crippen LogP contribution in [0.4, 0.5) is 4.39 Å². The lowest BCUT2D eigenvalue weighted by Crippen LogP contribution is -2.47. The molecule has 1 aromatic rings. The summed E-state index contributed by atoms with van der Waals surface area (Å²) in [5, 5.41) is 2.51. The van der Waals surface area contributed by atoms with E-state index in [0.29, 0.717) is 24.2 Å². The SMILES string of the molecule is C[C@]12CCC(=O)N1[C@H](C(=O)OCC(=O)NCc1ccccc1F)CS2. The van der Waals surface area contributed by atoms with Crippen LogP contribution in [0.3, 0.4) is 0 Å². The Morgan fingerprint density at radius 1 is 1.44 bits per heavy atom. The summed E-state index contributed by atoms with van der Waals surface area (Å²) in [6, 6.07) is 5.46. The molecule has 2 saturated heterocycles. The van der Waals surface area contributed by atoms with E-state index in [4.69, 9.17) is 4.74 Å². The van der Waals surface area contributed by atoms with E-state index in [-0.39, 0.29) is 17.3 Å². The minimum absolute atomic E-state index is 0.0189. The zero-order chi connectivity index (χ0) is 18.0. The van der Waals surface area contributed by atoms with Crippen LogP contribution >= 0.6 is 11.8 Å². The molecule has 0 unspecified atom stereocenters. The molecule has 0 radical (unpaired) electrons. The molecule has 2 aliphatic rings. The molecular weight excluding hydrogens is 347 g/mol. The van der Waals surface area contributed by atoms with Crippen molar-refractivity contribution in [2.24, 2.45) is 0 Å². The first kappa shape index (κ1) is 17.7. The van der Waals surface area contributed by atoms with Crippen molar-refractivity contribution in [3.05, 3.63) is 35.6 Å². The number of ether oxygens (including phenoxy) is 1. The molecule has 2 fully saturated rings. The van der Waals surface area contributed by atoms with Crippen molar-refractivity contribution < 1.29 is 23.5 Å². The van der Waals surface area contributed by atoms with E-state index in [1.807, 2.05) is 6.92 Å². The fourth-order valence-electron chi connectivity index (χ4n) is 3.11. The van der Waals surface area contributed by atoms with Gasteiger partial charge in [-0.15, -0.1) is 11.8 Å². The van der Waals surface area contributed by atoms with Gasteiger partial charge in [0, 0.05) is 24.3 Å². The van der Waals surface area contributed by atoms with Crippen LogP contribution < -0.4 is 5.32 Å². The fraction of sp³-hybridized carbons (Fsp3) is 0.471. The number of esters is 1. The highest BCUT2D eigenvalue weighted by molar-refractivity contribution is 8.01. The maximum Gasteiger partial charge on any atom is 0.330 e. The molecule has 1 N–H and O–H groups in total. The first-order valence-electron chi connectivity index (χ1n) is 8.03. The lowest BCUT2D eigenvalue weighted by atomic mass is 10.2. The predicted molar refractivity (Wildman–Crippen MR) is 89.9 cm³/mol. The normalized spacial score (nSPS) is 25.0. The van der Waals surface area contributed by atoms with Crippen LogP contribution in [-0.2, 0) is 25.7 Å². The van der Waals surface area contributed by atoms with Crippen LogP contribution in [0.25, 0.3) is 0 Å². The summed E-state index contributed by atoms with van der Waals surface area (Å²) in [6.07, 6.45) is 1.14. The average molecular weight is 366 g/mol. The van der Waals surface area contributed by atoms with Crippen molar-refractivity contribution in [1.29, 1.82) is 0 Å². The first-order chi connectivity index (χ1) is 11.9. The van der Waals surface area contributed by atoms with Gasteiger partial charge in [-0.2, -0.15) is 0 Å². The molecular formula is C17H19FN2O4S. The highest BCUT2D eigenvalue weighted by Gasteiger charge is 2.53. The lowest BCUT2D eigenvalue weighted by Gasteiger charge is -2.29. The molecule has 2 amide bonds. The Labute approximate surface area is 149 Å². The van der Waals surface area contributed by atoms with Gasteiger partial charge in [-0.3, -0.25) is 9.59 Å². The van der Waals surface area contributed by atoms with Gasteiger partial charge in [0.05, 0.1) is 4.87 Å². The van der Waals surface area contributed by atoms with Gasteiger partial charge in [0.1, 0.15) is 11.9 Å². The molecule has 8 heteroatoms. The number of nitrogens with one attached hydrogen (secondary N) is 1. The Morgan fingerprint density at radius 3 is 2.96 bits per heavy atom. The summed E-state index contributed by atoms with van der Waals surface area (Å²) in [5.74, 6) is -1.09. The van der Waals surface area contributed by atoms with Gasteiger partial charge in [0.15, 0.2) is 6.61 Å². The molecule has 2 atom stereocenters. The molecule has 3 rings (SSSR count). The number of halogens is 1. The van der Waals surface area contributed by atoms with Gasteiger partial charge in [-0.25, -0.2) is 9.18 Å².